The Hall–Kier alpha value is -1.20. The summed E-state index contributed by atoms with van der Waals surface area (Å²) in [6.45, 7) is 4.42. The quantitative estimate of drug-likeness (QED) is 0.635. The molecule has 0 aliphatic heterocycles. The van der Waals surface area contributed by atoms with Gasteiger partial charge >= 0.3 is 0 Å². The zero-order valence-electron chi connectivity index (χ0n) is 8.36. The van der Waals surface area contributed by atoms with Gasteiger partial charge in [0.05, 0.1) is 13.2 Å². The molecule has 1 heterocycles. The largest absolute Gasteiger partial charge is 0.378 e. The molecule has 0 radical (unpaired) electrons. The molecule has 0 amide bonds. The summed E-state index contributed by atoms with van der Waals surface area (Å²) in [7, 11) is 0. The Bertz CT molecular complexity index is 249. The van der Waals surface area contributed by atoms with Crippen LogP contribution in [-0.4, -0.2) is 36.3 Å². The van der Waals surface area contributed by atoms with Crippen LogP contribution in [0.3, 0.4) is 0 Å². The van der Waals surface area contributed by atoms with E-state index in [0.717, 1.165) is 5.56 Å². The number of nitrogens with one attached hydrogen (secondary N) is 1. The van der Waals surface area contributed by atoms with Crippen LogP contribution < -0.4 is 11.1 Å². The number of nitrogens with two attached hydrogens (primary N) is 1. The van der Waals surface area contributed by atoms with E-state index in [9.17, 15) is 0 Å². The van der Waals surface area contributed by atoms with Crippen molar-refractivity contribution in [2.24, 2.45) is 5.73 Å². The first-order valence-corrected chi connectivity index (χ1v) is 4.63. The summed E-state index contributed by atoms with van der Waals surface area (Å²) < 4.78 is 5.19. The molecular formula is C9H16N4O. The van der Waals surface area contributed by atoms with Crippen LogP contribution in [0.25, 0.3) is 0 Å². The lowest BCUT2D eigenvalue weighted by Crippen LogP contribution is -2.15. The van der Waals surface area contributed by atoms with E-state index in [2.05, 4.69) is 15.3 Å². The molecule has 1 aromatic rings. The maximum absolute atomic E-state index is 5.27. The van der Waals surface area contributed by atoms with E-state index in [0.29, 0.717) is 32.3 Å². The van der Waals surface area contributed by atoms with E-state index in [1.54, 1.807) is 12.4 Å². The molecule has 78 valence electrons. The van der Waals surface area contributed by atoms with Gasteiger partial charge in [0.25, 0.3) is 0 Å². The summed E-state index contributed by atoms with van der Waals surface area (Å²) in [4.78, 5) is 8.19. The van der Waals surface area contributed by atoms with Crippen molar-refractivity contribution < 1.29 is 4.74 Å². The monoisotopic (exact) mass is 196 g/mol. The average Bonchev–Trinajstić information content (AvgIpc) is 2.21. The molecule has 0 unspecified atom stereocenters. The van der Waals surface area contributed by atoms with Crippen molar-refractivity contribution in [1.29, 1.82) is 0 Å². The molecule has 0 atom stereocenters. The van der Waals surface area contributed by atoms with Crippen molar-refractivity contribution >= 4 is 5.95 Å². The number of ether oxygens (including phenoxy) is 1. The molecular weight excluding hydrogens is 180 g/mol. The Kier molecular flexibility index (Phi) is 4.88. The number of hydrogen-bond donors (Lipinski definition) is 2. The maximum atomic E-state index is 5.27. The second kappa shape index (κ2) is 6.28. The van der Waals surface area contributed by atoms with Gasteiger partial charge in [0.15, 0.2) is 0 Å². The standard InChI is InChI=1S/C9H16N4O/c1-8-6-12-9(13-7-8)11-3-5-14-4-2-10/h6-7H,2-5,10H2,1H3,(H,11,12,13). The minimum Gasteiger partial charge on any atom is -0.378 e. The molecule has 0 saturated carbocycles. The highest BCUT2D eigenvalue weighted by molar-refractivity contribution is 5.23. The van der Waals surface area contributed by atoms with Crippen LogP contribution in [0.1, 0.15) is 5.56 Å². The molecule has 0 bridgehead atoms. The second-order valence-electron chi connectivity index (χ2n) is 2.91. The van der Waals surface area contributed by atoms with Gasteiger partial charge < -0.3 is 15.8 Å². The van der Waals surface area contributed by atoms with Gasteiger partial charge in [0.2, 0.25) is 5.95 Å². The van der Waals surface area contributed by atoms with Gasteiger partial charge in [0, 0.05) is 25.5 Å². The minimum absolute atomic E-state index is 0.557. The molecule has 3 N–H and O–H groups in total. The Morgan fingerprint density at radius 1 is 1.36 bits per heavy atom. The van der Waals surface area contributed by atoms with Gasteiger partial charge in [-0.25, -0.2) is 9.97 Å². The molecule has 0 aliphatic rings. The Morgan fingerprint density at radius 2 is 2.07 bits per heavy atom. The smallest absolute Gasteiger partial charge is 0.222 e. The summed E-state index contributed by atoms with van der Waals surface area (Å²) in [5, 5.41) is 3.04. The number of hydrogen-bond acceptors (Lipinski definition) is 5. The molecule has 1 rings (SSSR count). The van der Waals surface area contributed by atoms with E-state index >= 15 is 0 Å². The van der Waals surface area contributed by atoms with Gasteiger partial charge in [-0.05, 0) is 12.5 Å². The highest BCUT2D eigenvalue weighted by Gasteiger charge is 1.93. The summed E-state index contributed by atoms with van der Waals surface area (Å²) in [5.74, 6) is 0.631. The van der Waals surface area contributed by atoms with Crippen LogP contribution in [0.4, 0.5) is 5.95 Å². The lowest BCUT2D eigenvalue weighted by molar-refractivity contribution is 0.151. The zero-order valence-corrected chi connectivity index (χ0v) is 8.36. The maximum Gasteiger partial charge on any atom is 0.222 e. The molecule has 1 aromatic heterocycles. The van der Waals surface area contributed by atoms with E-state index in [4.69, 9.17) is 10.5 Å². The van der Waals surface area contributed by atoms with E-state index in [1.807, 2.05) is 6.92 Å². The lowest BCUT2D eigenvalue weighted by atomic mass is 10.4. The molecule has 0 aliphatic carbocycles. The molecule has 0 fully saturated rings. The third-order valence-electron chi connectivity index (χ3n) is 1.57. The molecule has 5 heteroatoms. The SMILES string of the molecule is Cc1cnc(NCCOCCN)nc1. The minimum atomic E-state index is 0.557. The van der Waals surface area contributed by atoms with E-state index in [1.165, 1.54) is 0 Å². The molecule has 0 aromatic carbocycles. The van der Waals surface area contributed by atoms with Crippen molar-refractivity contribution in [3.63, 3.8) is 0 Å². The number of nitrogens with zero attached hydrogens (tertiary/aromatic N) is 2. The Balaban J connectivity index is 2.15. The summed E-state index contributed by atoms with van der Waals surface area (Å²) in [5.41, 5.74) is 6.32. The number of rotatable bonds is 6. The van der Waals surface area contributed by atoms with Crippen molar-refractivity contribution in [2.45, 2.75) is 6.92 Å². The Labute approximate surface area is 83.7 Å². The zero-order chi connectivity index (χ0) is 10.2. The fourth-order valence-corrected chi connectivity index (χ4v) is 0.904. The fourth-order valence-electron chi connectivity index (χ4n) is 0.904. The van der Waals surface area contributed by atoms with Gasteiger partial charge in [-0.3, -0.25) is 0 Å². The van der Waals surface area contributed by atoms with Gasteiger partial charge in [-0.1, -0.05) is 0 Å². The fraction of sp³-hybridized carbons (Fsp3) is 0.556. The van der Waals surface area contributed by atoms with Crippen molar-refractivity contribution in [3.05, 3.63) is 18.0 Å². The molecule has 0 saturated heterocycles. The number of aromatic nitrogens is 2. The predicted octanol–water partition coefficient (Wildman–Crippen LogP) is 0.172. The summed E-state index contributed by atoms with van der Waals surface area (Å²) >= 11 is 0. The first-order chi connectivity index (χ1) is 6.83. The summed E-state index contributed by atoms with van der Waals surface area (Å²) in [6, 6.07) is 0. The molecule has 0 spiro atoms. The number of anilines is 1. The number of aryl methyl sites for hydroxylation is 1. The molecule has 5 nitrogen and oxygen atoms in total. The first kappa shape index (κ1) is 10.9. The highest BCUT2D eigenvalue weighted by atomic mass is 16.5. The second-order valence-corrected chi connectivity index (χ2v) is 2.91. The van der Waals surface area contributed by atoms with Crippen molar-refractivity contribution in [1.82, 2.24) is 9.97 Å². The Morgan fingerprint density at radius 3 is 2.71 bits per heavy atom. The van der Waals surface area contributed by atoms with Crippen molar-refractivity contribution in [2.75, 3.05) is 31.6 Å². The molecule has 14 heavy (non-hydrogen) atoms. The average molecular weight is 196 g/mol. The van der Waals surface area contributed by atoms with Crippen LogP contribution in [0.5, 0.6) is 0 Å². The normalized spacial score (nSPS) is 10.1. The van der Waals surface area contributed by atoms with Gasteiger partial charge in [0.1, 0.15) is 0 Å². The van der Waals surface area contributed by atoms with Crippen molar-refractivity contribution in [3.8, 4) is 0 Å². The first-order valence-electron chi connectivity index (χ1n) is 4.63. The summed E-state index contributed by atoms with van der Waals surface area (Å²) in [6.07, 6.45) is 3.55. The lowest BCUT2D eigenvalue weighted by Gasteiger charge is -2.04. The van der Waals surface area contributed by atoms with E-state index in [-0.39, 0.29) is 0 Å². The third-order valence-corrected chi connectivity index (χ3v) is 1.57. The van der Waals surface area contributed by atoms with Gasteiger partial charge in [-0.15, -0.1) is 0 Å². The van der Waals surface area contributed by atoms with Gasteiger partial charge in [-0.2, -0.15) is 0 Å². The van der Waals surface area contributed by atoms with Crippen LogP contribution in [0.2, 0.25) is 0 Å². The highest BCUT2D eigenvalue weighted by Crippen LogP contribution is 1.97. The van der Waals surface area contributed by atoms with Crippen LogP contribution in [-0.2, 0) is 4.74 Å². The predicted molar refractivity (Wildman–Crippen MR) is 55.1 cm³/mol. The van der Waals surface area contributed by atoms with Crippen LogP contribution in [0, 0.1) is 6.92 Å². The van der Waals surface area contributed by atoms with Crippen LogP contribution in [0.15, 0.2) is 12.4 Å². The third kappa shape index (κ3) is 4.15. The van der Waals surface area contributed by atoms with E-state index < -0.39 is 0 Å². The topological polar surface area (TPSA) is 73.1 Å². The van der Waals surface area contributed by atoms with Crippen LogP contribution >= 0.6 is 0 Å².